The van der Waals surface area contributed by atoms with Crippen molar-refractivity contribution in [2.24, 2.45) is 0 Å². The summed E-state index contributed by atoms with van der Waals surface area (Å²) in [6, 6.07) is 0. The summed E-state index contributed by atoms with van der Waals surface area (Å²) in [4.78, 5) is 0. The molecule has 0 rings (SSSR count). The van der Waals surface area contributed by atoms with Crippen LogP contribution in [0, 0.1) is 0 Å². The Kier molecular flexibility index (Phi) is 21.7. The molecular formula is C22H48ClNO2. The molecule has 3 nitrogen and oxygen atoms in total. The monoisotopic (exact) mass is 393 g/mol. The summed E-state index contributed by atoms with van der Waals surface area (Å²) in [5.74, 6) is 0. The van der Waals surface area contributed by atoms with Crippen molar-refractivity contribution in [3.8, 4) is 0 Å². The summed E-state index contributed by atoms with van der Waals surface area (Å²) in [6.45, 7) is 4.31. The highest BCUT2D eigenvalue weighted by Crippen LogP contribution is 2.12. The second-order valence-corrected chi connectivity index (χ2v) is 8.80. The van der Waals surface area contributed by atoms with Gasteiger partial charge < -0.3 is 26.7 Å². The molecule has 0 fully saturated rings. The van der Waals surface area contributed by atoms with Crippen LogP contribution in [-0.4, -0.2) is 56.6 Å². The first kappa shape index (κ1) is 28.4. The molecule has 0 saturated heterocycles. The number of quaternary nitrogens is 1. The van der Waals surface area contributed by atoms with Crippen LogP contribution in [0.2, 0.25) is 0 Å². The summed E-state index contributed by atoms with van der Waals surface area (Å²) in [6.07, 6.45) is 19.0. The highest BCUT2D eigenvalue weighted by Gasteiger charge is 2.15. The molecule has 1 atom stereocenters. The van der Waals surface area contributed by atoms with E-state index in [1.165, 1.54) is 83.5 Å². The second kappa shape index (κ2) is 19.9. The third-order valence-corrected chi connectivity index (χ3v) is 4.71. The summed E-state index contributed by atoms with van der Waals surface area (Å²) < 4.78 is 6.37. The molecule has 0 spiro atoms. The molecule has 0 aromatic rings. The van der Waals surface area contributed by atoms with Gasteiger partial charge in [-0.1, -0.05) is 90.4 Å². The molecule has 160 valence electrons. The molecule has 0 aromatic heterocycles. The summed E-state index contributed by atoms with van der Waals surface area (Å²) in [5.41, 5.74) is 0. The number of aliphatic hydroxyl groups is 1. The van der Waals surface area contributed by atoms with Crippen LogP contribution >= 0.6 is 0 Å². The number of nitrogens with zero attached hydrogens (tertiary/aromatic N) is 1. The molecule has 0 amide bonds. The molecule has 1 unspecified atom stereocenters. The van der Waals surface area contributed by atoms with E-state index in [0.717, 1.165) is 24.1 Å². The van der Waals surface area contributed by atoms with Gasteiger partial charge in [0.1, 0.15) is 12.6 Å². The largest absolute Gasteiger partial charge is 1.00 e. The summed E-state index contributed by atoms with van der Waals surface area (Å²) >= 11 is 0. The zero-order chi connectivity index (χ0) is 18.8. The van der Waals surface area contributed by atoms with E-state index in [0.29, 0.717) is 6.61 Å². The fourth-order valence-corrected chi connectivity index (χ4v) is 3.30. The van der Waals surface area contributed by atoms with Gasteiger partial charge in [0.15, 0.2) is 0 Å². The van der Waals surface area contributed by atoms with E-state index in [9.17, 15) is 5.11 Å². The Hall–Kier alpha value is 0.170. The van der Waals surface area contributed by atoms with Crippen molar-refractivity contribution in [2.45, 2.75) is 103 Å². The lowest BCUT2D eigenvalue weighted by atomic mass is 10.0. The molecule has 26 heavy (non-hydrogen) atoms. The van der Waals surface area contributed by atoms with E-state index >= 15 is 0 Å². The number of unbranched alkanes of at least 4 members (excludes halogenated alkanes) is 13. The first-order chi connectivity index (χ1) is 12.0. The first-order valence-corrected chi connectivity index (χ1v) is 11.0. The predicted molar refractivity (Wildman–Crippen MR) is 110 cm³/mol. The molecule has 0 aliphatic heterocycles. The van der Waals surface area contributed by atoms with Crippen LogP contribution in [0.1, 0.15) is 96.8 Å². The molecule has 0 saturated carbocycles. The maximum atomic E-state index is 9.86. The van der Waals surface area contributed by atoms with E-state index in [1.54, 1.807) is 0 Å². The summed E-state index contributed by atoms with van der Waals surface area (Å²) in [5, 5.41) is 9.86. The molecule has 0 bridgehead atoms. The van der Waals surface area contributed by atoms with Crippen LogP contribution in [0.5, 0.6) is 0 Å². The van der Waals surface area contributed by atoms with Gasteiger partial charge >= 0.3 is 0 Å². The minimum Gasteiger partial charge on any atom is -1.00 e. The van der Waals surface area contributed by atoms with Crippen molar-refractivity contribution in [3.05, 3.63) is 0 Å². The molecule has 0 aromatic carbocycles. The van der Waals surface area contributed by atoms with Gasteiger partial charge in [0.25, 0.3) is 0 Å². The van der Waals surface area contributed by atoms with Gasteiger partial charge in [-0.3, -0.25) is 0 Å². The van der Waals surface area contributed by atoms with Gasteiger partial charge in [0.2, 0.25) is 0 Å². The number of hydrogen-bond donors (Lipinski definition) is 1. The van der Waals surface area contributed by atoms with E-state index in [4.69, 9.17) is 4.74 Å². The van der Waals surface area contributed by atoms with E-state index in [1.807, 2.05) is 0 Å². The lowest BCUT2D eigenvalue weighted by Gasteiger charge is -2.26. The van der Waals surface area contributed by atoms with E-state index in [-0.39, 0.29) is 18.5 Å². The Balaban J connectivity index is 0. The van der Waals surface area contributed by atoms with Crippen molar-refractivity contribution in [2.75, 3.05) is 40.9 Å². The standard InChI is InChI=1S/C22H48NO2.ClH/c1-5-6-7-8-9-10-11-12-13-14-15-16-17-18-19-25-21-22(24)20-23(2,3)4;/h22,24H,5-21H2,1-4H3;1H/q+1;/p-1. The van der Waals surface area contributed by atoms with Crippen molar-refractivity contribution >= 4 is 0 Å². The minimum atomic E-state index is -0.341. The number of likely N-dealkylation sites (N-methyl/N-ethyl adjacent to an activating group) is 1. The third kappa shape index (κ3) is 24.2. The summed E-state index contributed by atoms with van der Waals surface area (Å²) in [7, 11) is 6.28. The fourth-order valence-electron chi connectivity index (χ4n) is 3.30. The van der Waals surface area contributed by atoms with Crippen LogP contribution in [0.4, 0.5) is 0 Å². The van der Waals surface area contributed by atoms with Crippen molar-refractivity contribution < 1.29 is 26.7 Å². The van der Waals surface area contributed by atoms with E-state index in [2.05, 4.69) is 28.1 Å². The maximum absolute atomic E-state index is 9.86. The third-order valence-electron chi connectivity index (χ3n) is 4.71. The smallest absolute Gasteiger partial charge is 0.126 e. The van der Waals surface area contributed by atoms with Crippen LogP contribution in [0.15, 0.2) is 0 Å². The van der Waals surface area contributed by atoms with E-state index < -0.39 is 0 Å². The zero-order valence-corrected chi connectivity index (χ0v) is 19.0. The molecule has 0 aliphatic rings. The second-order valence-electron chi connectivity index (χ2n) is 8.80. The minimum absolute atomic E-state index is 0. The average Bonchev–Trinajstić information content (AvgIpc) is 2.53. The highest BCUT2D eigenvalue weighted by atomic mass is 35.5. The van der Waals surface area contributed by atoms with Crippen molar-refractivity contribution in [1.82, 2.24) is 0 Å². The number of halogens is 1. The Morgan fingerprint density at radius 1 is 0.692 bits per heavy atom. The molecule has 1 N–H and O–H groups in total. The van der Waals surface area contributed by atoms with Gasteiger partial charge in [-0.2, -0.15) is 0 Å². The lowest BCUT2D eigenvalue weighted by Crippen LogP contribution is -3.00. The van der Waals surface area contributed by atoms with Crippen molar-refractivity contribution in [3.63, 3.8) is 0 Å². The molecule has 0 heterocycles. The predicted octanol–water partition coefficient (Wildman–Crippen LogP) is 2.56. The molecular weight excluding hydrogens is 346 g/mol. The Bertz CT molecular complexity index is 269. The maximum Gasteiger partial charge on any atom is 0.126 e. The number of ether oxygens (including phenoxy) is 1. The Morgan fingerprint density at radius 2 is 1.08 bits per heavy atom. The highest BCUT2D eigenvalue weighted by molar-refractivity contribution is 4.52. The Morgan fingerprint density at radius 3 is 1.46 bits per heavy atom. The number of rotatable bonds is 19. The quantitative estimate of drug-likeness (QED) is 0.270. The average molecular weight is 394 g/mol. The normalized spacial score (nSPS) is 12.8. The van der Waals surface area contributed by atoms with Crippen molar-refractivity contribution in [1.29, 1.82) is 0 Å². The first-order valence-electron chi connectivity index (χ1n) is 11.0. The number of aliphatic hydroxyl groups excluding tert-OH is 1. The fraction of sp³-hybridized carbons (Fsp3) is 1.00. The molecule has 0 radical (unpaired) electrons. The topological polar surface area (TPSA) is 29.5 Å². The SMILES string of the molecule is CCCCCCCCCCCCCCCCOCC(O)C[N+](C)(C)C.[Cl-]. The zero-order valence-electron chi connectivity index (χ0n) is 18.3. The molecule has 4 heteroatoms. The van der Waals surface area contributed by atoms with Crippen LogP contribution < -0.4 is 12.4 Å². The van der Waals surface area contributed by atoms with Gasteiger partial charge in [-0.05, 0) is 6.42 Å². The van der Waals surface area contributed by atoms with Gasteiger partial charge in [-0.25, -0.2) is 0 Å². The van der Waals surface area contributed by atoms with Crippen LogP contribution in [-0.2, 0) is 4.74 Å². The number of hydrogen-bond acceptors (Lipinski definition) is 2. The molecule has 0 aliphatic carbocycles. The Labute approximate surface area is 170 Å². The van der Waals surface area contributed by atoms with Crippen LogP contribution in [0.3, 0.4) is 0 Å². The van der Waals surface area contributed by atoms with Crippen LogP contribution in [0.25, 0.3) is 0 Å². The van der Waals surface area contributed by atoms with Gasteiger partial charge in [-0.15, -0.1) is 0 Å². The van der Waals surface area contributed by atoms with Gasteiger partial charge in [0.05, 0.1) is 27.7 Å². The lowest BCUT2D eigenvalue weighted by molar-refractivity contribution is -0.873. The van der Waals surface area contributed by atoms with Gasteiger partial charge in [0, 0.05) is 6.61 Å².